The molecule has 1 aromatic rings. The van der Waals surface area contributed by atoms with Crippen molar-refractivity contribution in [2.45, 2.75) is 13.8 Å². The van der Waals surface area contributed by atoms with Crippen LogP contribution < -0.4 is 4.74 Å². The summed E-state index contributed by atoms with van der Waals surface area (Å²) in [6.45, 7) is 6.79. The quantitative estimate of drug-likeness (QED) is 0.415. The third-order valence-electron chi connectivity index (χ3n) is 3.14. The minimum absolute atomic E-state index is 0.0788. The van der Waals surface area contributed by atoms with E-state index < -0.39 is 10.9 Å². The van der Waals surface area contributed by atoms with Crippen molar-refractivity contribution in [3.05, 3.63) is 33.9 Å². The van der Waals surface area contributed by atoms with E-state index in [0.29, 0.717) is 13.2 Å². The lowest BCUT2D eigenvalue weighted by molar-refractivity contribution is -0.385. The lowest BCUT2D eigenvalue weighted by Gasteiger charge is -2.18. The summed E-state index contributed by atoms with van der Waals surface area (Å²) in [6, 6.07) is 3.94. The van der Waals surface area contributed by atoms with E-state index in [1.165, 1.54) is 25.3 Å². The lowest BCUT2D eigenvalue weighted by atomic mass is 10.2. The van der Waals surface area contributed by atoms with Crippen LogP contribution in [0.3, 0.4) is 0 Å². The zero-order valence-electron chi connectivity index (χ0n) is 12.5. The molecule has 7 nitrogen and oxygen atoms in total. The zero-order chi connectivity index (χ0) is 15.8. The van der Waals surface area contributed by atoms with Gasteiger partial charge < -0.3 is 14.4 Å². The van der Waals surface area contributed by atoms with E-state index in [1.54, 1.807) is 0 Å². The molecule has 0 unspecified atom stereocenters. The number of carbonyl (C=O) groups is 1. The molecular weight excluding hydrogens is 276 g/mol. The van der Waals surface area contributed by atoms with Crippen molar-refractivity contribution in [1.82, 2.24) is 4.90 Å². The molecular formula is C14H20N2O5. The largest absolute Gasteiger partial charge is 0.485 e. The van der Waals surface area contributed by atoms with Gasteiger partial charge in [-0.2, -0.15) is 0 Å². The summed E-state index contributed by atoms with van der Waals surface area (Å²) in [5.74, 6) is -0.478. The number of methoxy groups -OCH3 is 1. The average Bonchev–Trinajstić information content (AvgIpc) is 2.50. The number of esters is 1. The molecule has 0 heterocycles. The van der Waals surface area contributed by atoms with Gasteiger partial charge in [-0.25, -0.2) is 4.79 Å². The molecule has 0 bridgehead atoms. The number of nitro benzene ring substituents is 1. The van der Waals surface area contributed by atoms with Crippen LogP contribution in [0.15, 0.2) is 18.2 Å². The molecule has 0 N–H and O–H groups in total. The second kappa shape index (κ2) is 8.21. The Bertz CT molecular complexity index is 500. The van der Waals surface area contributed by atoms with Gasteiger partial charge in [0.2, 0.25) is 0 Å². The van der Waals surface area contributed by atoms with Crippen molar-refractivity contribution in [2.75, 3.05) is 33.4 Å². The van der Waals surface area contributed by atoms with Crippen molar-refractivity contribution in [1.29, 1.82) is 0 Å². The van der Waals surface area contributed by atoms with Crippen molar-refractivity contribution >= 4 is 11.7 Å². The summed E-state index contributed by atoms with van der Waals surface area (Å²) >= 11 is 0. The molecule has 0 saturated carbocycles. The van der Waals surface area contributed by atoms with Gasteiger partial charge in [0.15, 0.2) is 5.75 Å². The number of likely N-dealkylation sites (N-methyl/N-ethyl adjacent to an activating group) is 1. The molecule has 116 valence electrons. The summed E-state index contributed by atoms with van der Waals surface area (Å²) in [6.07, 6.45) is 0. The number of nitrogens with zero attached hydrogens (tertiary/aromatic N) is 2. The molecule has 1 aromatic carbocycles. The van der Waals surface area contributed by atoms with Gasteiger partial charge in [0.1, 0.15) is 6.61 Å². The van der Waals surface area contributed by atoms with E-state index >= 15 is 0 Å². The van der Waals surface area contributed by atoms with Crippen LogP contribution in [-0.4, -0.2) is 49.1 Å². The first-order chi connectivity index (χ1) is 10.0. The second-order valence-electron chi connectivity index (χ2n) is 4.31. The molecule has 0 saturated heterocycles. The molecule has 21 heavy (non-hydrogen) atoms. The first-order valence-corrected chi connectivity index (χ1v) is 6.75. The second-order valence-corrected chi connectivity index (χ2v) is 4.31. The first kappa shape index (κ1) is 16.9. The number of hydrogen-bond donors (Lipinski definition) is 0. The molecule has 0 fully saturated rings. The van der Waals surface area contributed by atoms with Gasteiger partial charge in [0.25, 0.3) is 0 Å². The Balaban J connectivity index is 2.86. The topological polar surface area (TPSA) is 81.9 Å². The standard InChI is InChI=1S/C14H20N2O5/c1-4-15(5-2)8-9-21-13-10-11(14(17)20-3)6-7-12(13)16(18)19/h6-7,10H,4-5,8-9H2,1-3H3. The van der Waals surface area contributed by atoms with Crippen LogP contribution in [-0.2, 0) is 4.74 Å². The van der Waals surface area contributed by atoms with Gasteiger partial charge in [0, 0.05) is 18.7 Å². The Morgan fingerprint density at radius 2 is 2.00 bits per heavy atom. The molecule has 0 aliphatic heterocycles. The van der Waals surface area contributed by atoms with Crippen LogP contribution in [0.4, 0.5) is 5.69 Å². The highest BCUT2D eigenvalue weighted by atomic mass is 16.6. The maximum absolute atomic E-state index is 11.5. The molecule has 7 heteroatoms. The number of hydrogen-bond acceptors (Lipinski definition) is 6. The Morgan fingerprint density at radius 3 is 2.52 bits per heavy atom. The van der Waals surface area contributed by atoms with E-state index in [4.69, 9.17) is 4.74 Å². The van der Waals surface area contributed by atoms with Crippen molar-refractivity contribution in [3.63, 3.8) is 0 Å². The highest BCUT2D eigenvalue weighted by Gasteiger charge is 2.18. The first-order valence-electron chi connectivity index (χ1n) is 6.75. The van der Waals surface area contributed by atoms with E-state index in [9.17, 15) is 14.9 Å². The molecule has 1 rings (SSSR count). The van der Waals surface area contributed by atoms with Gasteiger partial charge >= 0.3 is 11.7 Å². The summed E-state index contributed by atoms with van der Waals surface area (Å²) in [7, 11) is 1.25. The summed E-state index contributed by atoms with van der Waals surface area (Å²) in [5.41, 5.74) is 0.0585. The van der Waals surface area contributed by atoms with Crippen LogP contribution in [0, 0.1) is 10.1 Å². The number of benzene rings is 1. The van der Waals surface area contributed by atoms with Gasteiger partial charge in [0.05, 0.1) is 17.6 Å². The van der Waals surface area contributed by atoms with Gasteiger partial charge in [-0.3, -0.25) is 10.1 Å². The van der Waals surface area contributed by atoms with Crippen LogP contribution >= 0.6 is 0 Å². The number of ether oxygens (including phenoxy) is 2. The maximum atomic E-state index is 11.5. The smallest absolute Gasteiger partial charge is 0.337 e. The fourth-order valence-electron chi connectivity index (χ4n) is 1.85. The Kier molecular flexibility index (Phi) is 6.61. The van der Waals surface area contributed by atoms with Crippen LogP contribution in [0.5, 0.6) is 5.75 Å². The summed E-state index contributed by atoms with van der Waals surface area (Å²) in [5, 5.41) is 11.0. The highest BCUT2D eigenvalue weighted by molar-refractivity contribution is 5.90. The van der Waals surface area contributed by atoms with Crippen LogP contribution in [0.1, 0.15) is 24.2 Å². The summed E-state index contributed by atoms with van der Waals surface area (Å²) in [4.78, 5) is 24.0. The SMILES string of the molecule is CCN(CC)CCOc1cc(C(=O)OC)ccc1[N+](=O)[O-]. The van der Waals surface area contributed by atoms with Crippen molar-refractivity contribution in [3.8, 4) is 5.75 Å². The van der Waals surface area contributed by atoms with Crippen LogP contribution in [0.25, 0.3) is 0 Å². The van der Waals surface area contributed by atoms with Crippen LogP contribution in [0.2, 0.25) is 0 Å². The molecule has 0 atom stereocenters. The number of rotatable bonds is 8. The lowest BCUT2D eigenvalue weighted by Crippen LogP contribution is -2.28. The molecule has 0 radical (unpaired) electrons. The van der Waals surface area contributed by atoms with E-state index in [-0.39, 0.29) is 17.0 Å². The normalized spacial score (nSPS) is 10.5. The average molecular weight is 296 g/mol. The van der Waals surface area contributed by atoms with Gasteiger partial charge in [-0.1, -0.05) is 13.8 Å². The van der Waals surface area contributed by atoms with Gasteiger partial charge in [-0.05, 0) is 19.2 Å². The zero-order valence-corrected chi connectivity index (χ0v) is 12.5. The summed E-state index contributed by atoms with van der Waals surface area (Å²) < 4.78 is 10.1. The van der Waals surface area contributed by atoms with E-state index in [2.05, 4.69) is 9.64 Å². The monoisotopic (exact) mass is 296 g/mol. The molecule has 0 aliphatic carbocycles. The Labute approximate surface area is 123 Å². The van der Waals surface area contributed by atoms with Crippen molar-refractivity contribution in [2.24, 2.45) is 0 Å². The Hall–Kier alpha value is -2.15. The predicted octanol–water partition coefficient (Wildman–Crippen LogP) is 2.10. The minimum Gasteiger partial charge on any atom is -0.485 e. The predicted molar refractivity (Wildman–Crippen MR) is 77.7 cm³/mol. The Morgan fingerprint density at radius 1 is 1.33 bits per heavy atom. The highest BCUT2D eigenvalue weighted by Crippen LogP contribution is 2.28. The fraction of sp³-hybridized carbons (Fsp3) is 0.500. The number of nitro groups is 1. The maximum Gasteiger partial charge on any atom is 0.337 e. The third kappa shape index (κ3) is 4.71. The molecule has 0 aromatic heterocycles. The molecule has 0 aliphatic rings. The van der Waals surface area contributed by atoms with E-state index in [1.807, 2.05) is 13.8 Å². The number of carbonyl (C=O) groups excluding carboxylic acids is 1. The van der Waals surface area contributed by atoms with Gasteiger partial charge in [-0.15, -0.1) is 0 Å². The van der Waals surface area contributed by atoms with Crippen molar-refractivity contribution < 1.29 is 19.2 Å². The van der Waals surface area contributed by atoms with E-state index in [0.717, 1.165) is 13.1 Å². The minimum atomic E-state index is -0.557. The fourth-order valence-corrected chi connectivity index (χ4v) is 1.85. The third-order valence-corrected chi connectivity index (χ3v) is 3.14. The molecule has 0 amide bonds. The molecule has 0 spiro atoms.